The summed E-state index contributed by atoms with van der Waals surface area (Å²) < 4.78 is 0. The average molecular weight is 326 g/mol. The van der Waals surface area contributed by atoms with Crippen molar-refractivity contribution in [3.8, 4) is 0 Å². The highest BCUT2D eigenvalue weighted by atomic mass is 32.1. The molecule has 6 nitrogen and oxygen atoms in total. The molecular weight excluding hydrogens is 308 g/mol. The first-order valence-corrected chi connectivity index (χ1v) is 8.22. The molecule has 1 aromatic carbocycles. The first-order chi connectivity index (χ1) is 11.2. The van der Waals surface area contributed by atoms with Crippen LogP contribution in [0.2, 0.25) is 0 Å². The van der Waals surface area contributed by atoms with Gasteiger partial charge in [0.2, 0.25) is 5.13 Å². The summed E-state index contributed by atoms with van der Waals surface area (Å²) in [5.41, 5.74) is 1.92. The molecule has 0 atom stereocenters. The summed E-state index contributed by atoms with van der Waals surface area (Å²) in [4.78, 5) is 8.52. The van der Waals surface area contributed by atoms with Crippen molar-refractivity contribution in [2.75, 3.05) is 10.6 Å². The van der Waals surface area contributed by atoms with Crippen molar-refractivity contribution in [3.63, 3.8) is 0 Å². The Kier molecular flexibility index (Phi) is 4.77. The van der Waals surface area contributed by atoms with E-state index in [9.17, 15) is 0 Å². The van der Waals surface area contributed by atoms with Gasteiger partial charge in [-0.2, -0.15) is 0 Å². The Bertz CT molecular complexity index is 756. The van der Waals surface area contributed by atoms with Crippen LogP contribution in [0.5, 0.6) is 0 Å². The largest absolute Gasteiger partial charge is 0.368 e. The molecule has 0 saturated carbocycles. The van der Waals surface area contributed by atoms with Crippen LogP contribution in [-0.4, -0.2) is 26.2 Å². The zero-order chi connectivity index (χ0) is 16.1. The first kappa shape index (κ1) is 15.4. The predicted molar refractivity (Wildman–Crippen MR) is 93.2 cm³/mol. The van der Waals surface area contributed by atoms with Crippen LogP contribution in [0.15, 0.2) is 42.7 Å². The highest BCUT2D eigenvalue weighted by Crippen LogP contribution is 2.22. The van der Waals surface area contributed by atoms with Crippen molar-refractivity contribution >= 4 is 28.0 Å². The minimum absolute atomic E-state index is 0.334. The maximum absolute atomic E-state index is 4.30. The lowest BCUT2D eigenvalue weighted by atomic mass is 10.3. The van der Waals surface area contributed by atoms with E-state index in [2.05, 4.69) is 44.6 Å². The van der Waals surface area contributed by atoms with Crippen LogP contribution in [0.25, 0.3) is 0 Å². The van der Waals surface area contributed by atoms with Crippen molar-refractivity contribution < 1.29 is 0 Å². The molecule has 0 bridgehead atoms. The van der Waals surface area contributed by atoms with E-state index in [1.807, 2.05) is 36.4 Å². The van der Waals surface area contributed by atoms with Gasteiger partial charge in [-0.3, -0.25) is 0 Å². The number of rotatable bonds is 6. The molecule has 0 aliphatic carbocycles. The minimum Gasteiger partial charge on any atom is -0.368 e. The van der Waals surface area contributed by atoms with Crippen LogP contribution < -0.4 is 10.6 Å². The lowest BCUT2D eigenvalue weighted by molar-refractivity contribution is 0.880. The van der Waals surface area contributed by atoms with Crippen LogP contribution >= 0.6 is 11.3 Å². The van der Waals surface area contributed by atoms with Gasteiger partial charge in [-0.1, -0.05) is 29.5 Å². The van der Waals surface area contributed by atoms with Gasteiger partial charge < -0.3 is 10.6 Å². The highest BCUT2D eigenvalue weighted by Gasteiger charge is 2.08. The Morgan fingerprint density at radius 3 is 2.70 bits per heavy atom. The topological polar surface area (TPSA) is 75.6 Å². The predicted octanol–water partition coefficient (Wildman–Crippen LogP) is 3.48. The minimum atomic E-state index is 0.334. The Morgan fingerprint density at radius 2 is 1.91 bits per heavy atom. The van der Waals surface area contributed by atoms with Crippen LogP contribution in [-0.2, 0) is 6.42 Å². The fourth-order valence-electron chi connectivity index (χ4n) is 2.04. The zero-order valence-corrected chi connectivity index (χ0v) is 13.8. The van der Waals surface area contributed by atoms with Crippen molar-refractivity contribution in [2.24, 2.45) is 0 Å². The summed E-state index contributed by atoms with van der Waals surface area (Å²) in [5.74, 6) is 0.831. The molecule has 0 aliphatic heterocycles. The number of hydrogen-bond acceptors (Lipinski definition) is 7. The maximum atomic E-state index is 4.30. The lowest BCUT2D eigenvalue weighted by Crippen LogP contribution is -2.11. The van der Waals surface area contributed by atoms with E-state index in [1.165, 1.54) is 11.3 Å². The number of nitrogens with zero attached hydrogens (tertiary/aromatic N) is 4. The van der Waals surface area contributed by atoms with Gasteiger partial charge in [-0.05, 0) is 26.0 Å². The molecule has 23 heavy (non-hydrogen) atoms. The molecular formula is C16H18N6S. The summed E-state index contributed by atoms with van der Waals surface area (Å²) in [6.45, 7) is 4.15. The van der Waals surface area contributed by atoms with Gasteiger partial charge in [0.15, 0.2) is 0 Å². The molecule has 0 fully saturated rings. The number of hydrogen-bond donors (Lipinski definition) is 2. The second-order valence-electron chi connectivity index (χ2n) is 5.36. The van der Waals surface area contributed by atoms with Gasteiger partial charge >= 0.3 is 0 Å². The molecule has 3 aromatic rings. The van der Waals surface area contributed by atoms with E-state index >= 15 is 0 Å². The molecule has 3 rings (SSSR count). The van der Waals surface area contributed by atoms with Gasteiger partial charge in [0, 0.05) is 24.2 Å². The smallest absolute Gasteiger partial charge is 0.210 e. The van der Waals surface area contributed by atoms with Crippen molar-refractivity contribution in [1.29, 1.82) is 0 Å². The number of nitrogens with one attached hydrogen (secondary N) is 2. The van der Waals surface area contributed by atoms with E-state index in [0.717, 1.165) is 27.3 Å². The number of benzene rings is 1. The molecule has 2 N–H and O–H groups in total. The fraction of sp³-hybridized carbons (Fsp3) is 0.250. The van der Waals surface area contributed by atoms with E-state index in [-0.39, 0.29) is 0 Å². The SMILES string of the molecule is CC(C)Nc1cc(Cc2nnc(Nc3ccccc3)s2)ncn1. The van der Waals surface area contributed by atoms with Crippen LogP contribution in [0.1, 0.15) is 24.5 Å². The Morgan fingerprint density at radius 1 is 1.09 bits per heavy atom. The van der Waals surface area contributed by atoms with Crippen LogP contribution in [0, 0.1) is 0 Å². The number of para-hydroxylation sites is 1. The zero-order valence-electron chi connectivity index (χ0n) is 13.0. The third-order valence-corrected chi connectivity index (χ3v) is 3.82. The molecule has 7 heteroatoms. The van der Waals surface area contributed by atoms with Gasteiger partial charge in [0.25, 0.3) is 0 Å². The molecule has 0 spiro atoms. The molecule has 2 heterocycles. The lowest BCUT2D eigenvalue weighted by Gasteiger charge is -2.08. The molecule has 118 valence electrons. The number of aromatic nitrogens is 4. The summed E-state index contributed by atoms with van der Waals surface area (Å²) >= 11 is 1.53. The van der Waals surface area contributed by atoms with E-state index < -0.39 is 0 Å². The second-order valence-corrected chi connectivity index (χ2v) is 6.42. The van der Waals surface area contributed by atoms with Gasteiger partial charge in [0.05, 0.1) is 5.69 Å². The number of anilines is 3. The normalized spacial score (nSPS) is 10.7. The standard InChI is InChI=1S/C16H18N6S/c1-11(2)19-14-8-13(17-10-18-14)9-15-21-22-16(23-15)20-12-6-4-3-5-7-12/h3-8,10-11H,9H2,1-2H3,(H,20,22)(H,17,18,19). The van der Waals surface area contributed by atoms with Crippen LogP contribution in [0.4, 0.5) is 16.6 Å². The van der Waals surface area contributed by atoms with Gasteiger partial charge in [-0.15, -0.1) is 10.2 Å². The summed E-state index contributed by atoms with van der Waals surface area (Å²) in [7, 11) is 0. The van der Waals surface area contributed by atoms with Gasteiger partial charge in [0.1, 0.15) is 17.2 Å². The Balaban J connectivity index is 1.67. The Hall–Kier alpha value is -2.54. The van der Waals surface area contributed by atoms with E-state index in [0.29, 0.717) is 12.5 Å². The summed E-state index contributed by atoms with van der Waals surface area (Å²) in [6.07, 6.45) is 2.22. The maximum Gasteiger partial charge on any atom is 0.210 e. The molecule has 0 amide bonds. The third kappa shape index (κ3) is 4.46. The quantitative estimate of drug-likeness (QED) is 0.722. The molecule has 2 aromatic heterocycles. The van der Waals surface area contributed by atoms with Crippen LogP contribution in [0.3, 0.4) is 0 Å². The fourth-order valence-corrected chi connectivity index (χ4v) is 2.82. The molecule has 0 aliphatic rings. The van der Waals surface area contributed by atoms with E-state index in [1.54, 1.807) is 6.33 Å². The summed E-state index contributed by atoms with van der Waals surface area (Å²) in [6, 6.07) is 12.2. The second kappa shape index (κ2) is 7.15. The Labute approximate surface area is 139 Å². The molecule has 0 radical (unpaired) electrons. The van der Waals surface area contributed by atoms with Crippen molar-refractivity contribution in [2.45, 2.75) is 26.3 Å². The summed E-state index contributed by atoms with van der Waals surface area (Å²) in [5, 5.41) is 16.6. The van der Waals surface area contributed by atoms with Gasteiger partial charge in [-0.25, -0.2) is 9.97 Å². The first-order valence-electron chi connectivity index (χ1n) is 7.41. The molecule has 0 unspecified atom stereocenters. The highest BCUT2D eigenvalue weighted by molar-refractivity contribution is 7.15. The average Bonchev–Trinajstić information content (AvgIpc) is 2.95. The van der Waals surface area contributed by atoms with Crippen molar-refractivity contribution in [1.82, 2.24) is 20.2 Å². The van der Waals surface area contributed by atoms with Crippen molar-refractivity contribution in [3.05, 3.63) is 53.4 Å². The molecule has 0 saturated heterocycles. The monoisotopic (exact) mass is 326 g/mol. The third-order valence-electron chi connectivity index (χ3n) is 2.98. The van der Waals surface area contributed by atoms with E-state index in [4.69, 9.17) is 0 Å².